The fourth-order valence-electron chi connectivity index (χ4n) is 2.47. The van der Waals surface area contributed by atoms with Crippen LogP contribution in [-0.4, -0.2) is 14.5 Å². The van der Waals surface area contributed by atoms with Gasteiger partial charge in [0, 0.05) is 5.69 Å². The summed E-state index contributed by atoms with van der Waals surface area (Å²) in [7, 11) is 0. The summed E-state index contributed by atoms with van der Waals surface area (Å²) >= 11 is 0. The Hall–Kier alpha value is -2.57. The third-order valence-corrected chi connectivity index (χ3v) is 3.60. The van der Waals surface area contributed by atoms with Crippen LogP contribution in [0.15, 0.2) is 35.1 Å². The van der Waals surface area contributed by atoms with E-state index in [1.807, 2.05) is 6.92 Å². The van der Waals surface area contributed by atoms with E-state index in [0.717, 1.165) is 5.56 Å². The van der Waals surface area contributed by atoms with Gasteiger partial charge in [0.2, 0.25) is 5.82 Å². The van der Waals surface area contributed by atoms with Crippen LogP contribution in [0.2, 0.25) is 0 Å². The minimum atomic E-state index is -4.71. The van der Waals surface area contributed by atoms with Gasteiger partial charge in [0.1, 0.15) is 5.65 Å². The van der Waals surface area contributed by atoms with Crippen molar-refractivity contribution in [3.05, 3.63) is 63.3 Å². The van der Waals surface area contributed by atoms with Crippen molar-refractivity contribution in [2.75, 3.05) is 0 Å². The van der Waals surface area contributed by atoms with Gasteiger partial charge >= 0.3 is 6.18 Å². The first-order valence-corrected chi connectivity index (χ1v) is 6.98. The van der Waals surface area contributed by atoms with Crippen LogP contribution in [0.4, 0.5) is 13.2 Å². The van der Waals surface area contributed by atoms with E-state index in [2.05, 4.69) is 9.97 Å². The number of halogens is 3. The predicted octanol–water partition coefficient (Wildman–Crippen LogP) is 3.41. The molecule has 23 heavy (non-hydrogen) atoms. The van der Waals surface area contributed by atoms with E-state index >= 15 is 0 Å². The molecular weight excluding hydrogens is 307 g/mol. The lowest BCUT2D eigenvalue weighted by Crippen LogP contribution is -2.30. The number of aromatic amines is 1. The van der Waals surface area contributed by atoms with Crippen molar-refractivity contribution in [1.82, 2.24) is 14.5 Å². The van der Waals surface area contributed by atoms with Gasteiger partial charge in [0.15, 0.2) is 0 Å². The summed E-state index contributed by atoms with van der Waals surface area (Å²) in [5, 5.41) is 0.155. The summed E-state index contributed by atoms with van der Waals surface area (Å²) in [5.41, 5.74) is 1.45. The van der Waals surface area contributed by atoms with Crippen LogP contribution in [0.3, 0.4) is 0 Å². The average molecular weight is 321 g/mol. The number of hydrogen-bond acceptors (Lipinski definition) is 2. The second kappa shape index (κ2) is 5.26. The zero-order valence-corrected chi connectivity index (χ0v) is 12.5. The van der Waals surface area contributed by atoms with Gasteiger partial charge < -0.3 is 4.98 Å². The fraction of sp³-hybridized carbons (Fsp3) is 0.250. The molecule has 0 aliphatic carbocycles. The maximum absolute atomic E-state index is 13.3. The van der Waals surface area contributed by atoms with Crippen LogP contribution in [0.5, 0.6) is 0 Å². The number of nitrogens with zero attached hydrogens (tertiary/aromatic N) is 2. The number of alkyl halides is 3. The lowest BCUT2D eigenvalue weighted by atomic mass is 10.1. The van der Waals surface area contributed by atoms with Gasteiger partial charge in [-0.05, 0) is 25.5 Å². The molecule has 0 atom stereocenters. The molecule has 0 aliphatic heterocycles. The summed E-state index contributed by atoms with van der Waals surface area (Å²) in [6.07, 6.45) is -4.71. The first kappa shape index (κ1) is 15.3. The number of H-pyrrole nitrogens is 1. The second-order valence-corrected chi connectivity index (χ2v) is 5.52. The van der Waals surface area contributed by atoms with E-state index in [1.54, 1.807) is 31.2 Å². The average Bonchev–Trinajstić information content (AvgIpc) is 2.84. The minimum absolute atomic E-state index is 0.0417. The molecule has 4 nitrogen and oxygen atoms in total. The molecule has 0 fully saturated rings. The zero-order chi connectivity index (χ0) is 16.8. The highest BCUT2D eigenvalue weighted by Gasteiger charge is 2.37. The number of hydrogen-bond donors (Lipinski definition) is 1. The Morgan fingerprint density at radius 2 is 1.83 bits per heavy atom. The first-order valence-electron chi connectivity index (χ1n) is 6.98. The molecule has 2 aromatic heterocycles. The first-order chi connectivity index (χ1) is 10.8. The van der Waals surface area contributed by atoms with Crippen molar-refractivity contribution in [2.24, 2.45) is 0 Å². The normalized spacial score (nSPS) is 12.0. The van der Waals surface area contributed by atoms with Crippen molar-refractivity contribution < 1.29 is 13.2 Å². The summed E-state index contributed by atoms with van der Waals surface area (Å²) in [6.45, 7) is 3.37. The monoisotopic (exact) mass is 321 g/mol. The standard InChI is InChI=1S/C16H14F3N3O/c1-9-3-5-11(6-4-9)8-22-14(23)12-7-10(2)20-13(12)21-15(22)16(17,18)19/h3-7,20H,8H2,1-2H3. The maximum atomic E-state index is 13.3. The lowest BCUT2D eigenvalue weighted by molar-refractivity contribution is -0.147. The molecule has 3 aromatic rings. The predicted molar refractivity (Wildman–Crippen MR) is 80.4 cm³/mol. The largest absolute Gasteiger partial charge is 0.449 e. The summed E-state index contributed by atoms with van der Waals surface area (Å²) in [6, 6.07) is 8.50. The van der Waals surface area contributed by atoms with Crippen molar-refractivity contribution >= 4 is 11.0 Å². The van der Waals surface area contributed by atoms with Gasteiger partial charge in [-0.1, -0.05) is 29.8 Å². The van der Waals surface area contributed by atoms with E-state index < -0.39 is 17.6 Å². The van der Waals surface area contributed by atoms with Crippen LogP contribution >= 0.6 is 0 Å². The molecule has 0 saturated heterocycles. The zero-order valence-electron chi connectivity index (χ0n) is 12.5. The molecule has 0 amide bonds. The Morgan fingerprint density at radius 3 is 2.43 bits per heavy atom. The molecule has 3 rings (SSSR count). The highest BCUT2D eigenvalue weighted by Crippen LogP contribution is 2.28. The molecule has 120 valence electrons. The smallest absolute Gasteiger partial charge is 0.343 e. The van der Waals surface area contributed by atoms with Crippen LogP contribution in [0.1, 0.15) is 22.6 Å². The molecule has 0 aliphatic rings. The number of fused-ring (bicyclic) bond motifs is 1. The van der Waals surface area contributed by atoms with Gasteiger partial charge in [-0.2, -0.15) is 13.2 Å². The molecule has 2 heterocycles. The quantitative estimate of drug-likeness (QED) is 0.786. The third kappa shape index (κ3) is 2.86. The molecule has 1 aromatic carbocycles. The van der Waals surface area contributed by atoms with Gasteiger partial charge in [-0.3, -0.25) is 9.36 Å². The van der Waals surface area contributed by atoms with Gasteiger partial charge in [-0.15, -0.1) is 0 Å². The summed E-state index contributed by atoms with van der Waals surface area (Å²) in [4.78, 5) is 18.8. The Labute approximate surface area is 129 Å². The van der Waals surface area contributed by atoms with Crippen LogP contribution in [0.25, 0.3) is 11.0 Å². The summed E-state index contributed by atoms with van der Waals surface area (Å²) < 4.78 is 40.6. The number of nitrogens with one attached hydrogen (secondary N) is 1. The van der Waals surface area contributed by atoms with E-state index in [1.165, 1.54) is 6.07 Å². The third-order valence-electron chi connectivity index (χ3n) is 3.60. The second-order valence-electron chi connectivity index (χ2n) is 5.52. The highest BCUT2D eigenvalue weighted by molar-refractivity contribution is 5.75. The number of aryl methyl sites for hydroxylation is 2. The highest BCUT2D eigenvalue weighted by atomic mass is 19.4. The SMILES string of the molecule is Cc1ccc(Cn2c(C(F)(F)F)nc3[nH]c(C)cc3c2=O)cc1. The molecule has 0 radical (unpaired) electrons. The van der Waals surface area contributed by atoms with E-state index in [9.17, 15) is 18.0 Å². The van der Waals surface area contributed by atoms with Crippen molar-refractivity contribution in [2.45, 2.75) is 26.6 Å². The molecule has 0 spiro atoms. The Morgan fingerprint density at radius 1 is 1.17 bits per heavy atom. The van der Waals surface area contributed by atoms with Crippen molar-refractivity contribution in [3.63, 3.8) is 0 Å². The number of benzene rings is 1. The van der Waals surface area contributed by atoms with E-state index in [4.69, 9.17) is 0 Å². The van der Waals surface area contributed by atoms with E-state index in [-0.39, 0.29) is 17.6 Å². The van der Waals surface area contributed by atoms with Crippen LogP contribution in [-0.2, 0) is 12.7 Å². The summed E-state index contributed by atoms with van der Waals surface area (Å²) in [5.74, 6) is -1.20. The topological polar surface area (TPSA) is 50.7 Å². The molecule has 1 N–H and O–H groups in total. The van der Waals surface area contributed by atoms with Gasteiger partial charge in [-0.25, -0.2) is 4.98 Å². The molecular formula is C16H14F3N3O. The van der Waals surface area contributed by atoms with E-state index in [0.29, 0.717) is 15.8 Å². The van der Waals surface area contributed by atoms with Crippen LogP contribution in [0, 0.1) is 13.8 Å². The Kier molecular flexibility index (Phi) is 3.50. The molecule has 0 saturated carbocycles. The molecule has 0 bridgehead atoms. The Bertz CT molecular complexity index is 921. The Balaban J connectivity index is 2.22. The lowest BCUT2D eigenvalue weighted by Gasteiger charge is -2.14. The molecule has 0 unspecified atom stereocenters. The number of rotatable bonds is 2. The molecule has 7 heteroatoms. The maximum Gasteiger partial charge on any atom is 0.449 e. The van der Waals surface area contributed by atoms with Crippen LogP contribution < -0.4 is 5.56 Å². The van der Waals surface area contributed by atoms with Gasteiger partial charge in [0.05, 0.1) is 11.9 Å². The number of aromatic nitrogens is 3. The minimum Gasteiger partial charge on any atom is -0.343 e. The van der Waals surface area contributed by atoms with Gasteiger partial charge in [0.25, 0.3) is 5.56 Å². The van der Waals surface area contributed by atoms with Crippen molar-refractivity contribution in [1.29, 1.82) is 0 Å². The fourth-order valence-corrected chi connectivity index (χ4v) is 2.47. The van der Waals surface area contributed by atoms with Crippen molar-refractivity contribution in [3.8, 4) is 0 Å².